The molecule has 1 aromatic carbocycles. The molecule has 1 fully saturated rings. The Balaban J connectivity index is 1.97. The van der Waals surface area contributed by atoms with Crippen molar-refractivity contribution >= 4 is 17.3 Å². The molecule has 1 saturated heterocycles. The van der Waals surface area contributed by atoms with Gasteiger partial charge in [0.2, 0.25) is 0 Å². The fourth-order valence-electron chi connectivity index (χ4n) is 2.38. The van der Waals surface area contributed by atoms with Gasteiger partial charge in [-0.1, -0.05) is 5.57 Å². The predicted molar refractivity (Wildman–Crippen MR) is 79.2 cm³/mol. The van der Waals surface area contributed by atoms with Crippen molar-refractivity contribution in [3.63, 3.8) is 0 Å². The van der Waals surface area contributed by atoms with Crippen molar-refractivity contribution in [3.8, 4) is 0 Å². The highest BCUT2D eigenvalue weighted by molar-refractivity contribution is 5.66. The average molecular weight is 308 g/mol. The zero-order valence-electron chi connectivity index (χ0n) is 12.3. The van der Waals surface area contributed by atoms with Crippen LogP contribution < -0.4 is 4.90 Å². The highest BCUT2D eigenvalue weighted by atomic mass is 19.1. The summed E-state index contributed by atoms with van der Waals surface area (Å²) in [6.07, 6.45) is 3.38. The second-order valence-electron chi connectivity index (χ2n) is 5.04. The first-order valence-corrected chi connectivity index (χ1v) is 6.97. The van der Waals surface area contributed by atoms with Crippen LogP contribution >= 0.6 is 0 Å². The molecule has 0 spiro atoms. The normalized spacial score (nSPS) is 14.6. The lowest BCUT2D eigenvalue weighted by molar-refractivity contribution is -0.385. The summed E-state index contributed by atoms with van der Waals surface area (Å²) in [5.74, 6) is -0.899. The molecule has 0 bridgehead atoms. The number of carbonyl (C=O) groups is 1. The Morgan fingerprint density at radius 2 is 2.14 bits per heavy atom. The van der Waals surface area contributed by atoms with Crippen molar-refractivity contribution < 1.29 is 18.8 Å². The lowest BCUT2D eigenvalue weighted by Gasteiger charge is -2.30. The van der Waals surface area contributed by atoms with E-state index in [0.717, 1.165) is 18.9 Å². The summed E-state index contributed by atoms with van der Waals surface area (Å²) < 4.78 is 18.8. The molecule has 7 heteroatoms. The highest BCUT2D eigenvalue weighted by Gasteiger charge is 2.19. The minimum atomic E-state index is -0.612. The van der Waals surface area contributed by atoms with E-state index in [2.05, 4.69) is 0 Å². The Morgan fingerprint density at radius 3 is 2.68 bits per heavy atom. The Kier molecular flexibility index (Phi) is 5.08. The maximum absolute atomic E-state index is 14.0. The maximum Gasteiger partial charge on any atom is 0.302 e. The third-order valence-electron chi connectivity index (χ3n) is 3.55. The van der Waals surface area contributed by atoms with E-state index in [0.29, 0.717) is 18.8 Å². The standard InChI is InChI=1S/C15H17FN2O4/c1-11(19)22-9-6-12-4-7-17(8-5-12)15-3-2-13(18(20)21)10-14(15)16/h2-3,6,10H,4-5,7-9H2,1H3. The fourth-order valence-corrected chi connectivity index (χ4v) is 2.38. The van der Waals surface area contributed by atoms with E-state index in [-0.39, 0.29) is 18.3 Å². The van der Waals surface area contributed by atoms with E-state index in [1.54, 1.807) is 0 Å². The van der Waals surface area contributed by atoms with Gasteiger partial charge in [-0.2, -0.15) is 0 Å². The molecule has 118 valence electrons. The molecule has 6 nitrogen and oxygen atoms in total. The summed E-state index contributed by atoms with van der Waals surface area (Å²) in [6.45, 7) is 2.87. The van der Waals surface area contributed by atoms with Crippen molar-refractivity contribution in [2.45, 2.75) is 19.8 Å². The summed E-state index contributed by atoms with van der Waals surface area (Å²) in [5.41, 5.74) is 1.30. The van der Waals surface area contributed by atoms with E-state index in [9.17, 15) is 19.3 Å². The molecular weight excluding hydrogens is 291 g/mol. The average Bonchev–Trinajstić information content (AvgIpc) is 2.47. The Bertz CT molecular complexity index is 606. The summed E-state index contributed by atoms with van der Waals surface area (Å²) in [4.78, 5) is 22.6. The highest BCUT2D eigenvalue weighted by Crippen LogP contribution is 2.27. The SMILES string of the molecule is CC(=O)OCC=C1CCN(c2ccc([N+](=O)[O-])cc2F)CC1. The predicted octanol–water partition coefficient (Wildman–Crippen LogP) is 2.82. The third-order valence-corrected chi connectivity index (χ3v) is 3.55. The van der Waals surface area contributed by atoms with E-state index < -0.39 is 10.7 Å². The van der Waals surface area contributed by atoms with Crippen LogP contribution in [0.3, 0.4) is 0 Å². The number of carbonyl (C=O) groups excluding carboxylic acids is 1. The second kappa shape index (κ2) is 7.02. The van der Waals surface area contributed by atoms with Crippen molar-refractivity contribution in [3.05, 3.63) is 45.8 Å². The van der Waals surface area contributed by atoms with Crippen LogP contribution in [0, 0.1) is 15.9 Å². The quantitative estimate of drug-likeness (QED) is 0.370. The van der Waals surface area contributed by atoms with Crippen LogP contribution in [-0.2, 0) is 9.53 Å². The zero-order chi connectivity index (χ0) is 16.1. The largest absolute Gasteiger partial charge is 0.462 e. The van der Waals surface area contributed by atoms with E-state index in [4.69, 9.17) is 4.74 Å². The molecule has 1 aliphatic rings. The maximum atomic E-state index is 14.0. The van der Waals surface area contributed by atoms with Crippen molar-refractivity contribution in [1.29, 1.82) is 0 Å². The molecule has 0 aromatic heterocycles. The number of nitro benzene ring substituents is 1. The molecule has 0 radical (unpaired) electrons. The van der Waals surface area contributed by atoms with Crippen LogP contribution in [0.1, 0.15) is 19.8 Å². The van der Waals surface area contributed by atoms with Crippen LogP contribution in [0.25, 0.3) is 0 Å². The first-order valence-electron chi connectivity index (χ1n) is 6.97. The van der Waals surface area contributed by atoms with Gasteiger partial charge in [-0.15, -0.1) is 0 Å². The molecule has 1 aromatic rings. The van der Waals surface area contributed by atoms with Crippen LogP contribution in [0.15, 0.2) is 29.8 Å². The number of nitrogens with zero attached hydrogens (tertiary/aromatic N) is 2. The summed E-state index contributed by atoms with van der Waals surface area (Å²) >= 11 is 0. The van der Waals surface area contributed by atoms with Gasteiger partial charge in [0.1, 0.15) is 6.61 Å². The number of anilines is 1. The van der Waals surface area contributed by atoms with Crippen LogP contribution in [0.5, 0.6) is 0 Å². The van der Waals surface area contributed by atoms with Gasteiger partial charge >= 0.3 is 5.97 Å². The molecule has 22 heavy (non-hydrogen) atoms. The van der Waals surface area contributed by atoms with E-state index >= 15 is 0 Å². The van der Waals surface area contributed by atoms with Crippen LogP contribution in [0.4, 0.5) is 15.8 Å². The number of hydrogen-bond donors (Lipinski definition) is 0. The molecule has 0 aliphatic carbocycles. The van der Waals surface area contributed by atoms with Crippen LogP contribution in [-0.4, -0.2) is 30.6 Å². The fraction of sp³-hybridized carbons (Fsp3) is 0.400. The number of non-ortho nitro benzene ring substituents is 1. The molecule has 0 atom stereocenters. The number of hydrogen-bond acceptors (Lipinski definition) is 5. The number of esters is 1. The Hall–Kier alpha value is -2.44. The molecule has 1 heterocycles. The first kappa shape index (κ1) is 15.9. The molecule has 2 rings (SSSR count). The second-order valence-corrected chi connectivity index (χ2v) is 5.04. The minimum absolute atomic E-state index is 0.250. The Morgan fingerprint density at radius 1 is 1.45 bits per heavy atom. The van der Waals surface area contributed by atoms with Gasteiger partial charge in [-0.05, 0) is 25.0 Å². The van der Waals surface area contributed by atoms with Gasteiger partial charge in [-0.25, -0.2) is 4.39 Å². The monoisotopic (exact) mass is 308 g/mol. The molecule has 0 saturated carbocycles. The van der Waals surface area contributed by atoms with Crippen LogP contribution in [0.2, 0.25) is 0 Å². The smallest absolute Gasteiger partial charge is 0.302 e. The number of ether oxygens (including phenoxy) is 1. The molecular formula is C15H17FN2O4. The molecule has 0 unspecified atom stereocenters. The first-order chi connectivity index (χ1) is 10.5. The zero-order valence-corrected chi connectivity index (χ0v) is 12.3. The topological polar surface area (TPSA) is 72.7 Å². The molecule has 1 aliphatic heterocycles. The summed E-state index contributed by atoms with van der Waals surface area (Å²) in [7, 11) is 0. The number of piperidine rings is 1. The summed E-state index contributed by atoms with van der Waals surface area (Å²) in [5, 5.41) is 10.6. The lowest BCUT2D eigenvalue weighted by atomic mass is 10.0. The van der Waals surface area contributed by atoms with Gasteiger partial charge in [0, 0.05) is 26.1 Å². The number of nitro groups is 1. The molecule has 0 amide bonds. The van der Waals surface area contributed by atoms with Gasteiger partial charge in [0.15, 0.2) is 5.82 Å². The van der Waals surface area contributed by atoms with Crippen molar-refractivity contribution in [1.82, 2.24) is 0 Å². The van der Waals surface area contributed by atoms with Gasteiger partial charge in [0.25, 0.3) is 5.69 Å². The summed E-state index contributed by atoms with van der Waals surface area (Å²) in [6, 6.07) is 3.70. The van der Waals surface area contributed by atoms with E-state index in [1.165, 1.54) is 24.6 Å². The lowest BCUT2D eigenvalue weighted by Crippen LogP contribution is -2.31. The number of halogens is 1. The van der Waals surface area contributed by atoms with Crippen molar-refractivity contribution in [2.24, 2.45) is 0 Å². The van der Waals surface area contributed by atoms with E-state index in [1.807, 2.05) is 11.0 Å². The van der Waals surface area contributed by atoms with Crippen molar-refractivity contribution in [2.75, 3.05) is 24.6 Å². The third kappa shape index (κ3) is 4.03. The minimum Gasteiger partial charge on any atom is -0.462 e. The van der Waals surface area contributed by atoms with Gasteiger partial charge in [-0.3, -0.25) is 14.9 Å². The van der Waals surface area contributed by atoms with Gasteiger partial charge < -0.3 is 9.64 Å². The number of rotatable bonds is 4. The number of benzene rings is 1. The Labute approximate surface area is 127 Å². The van der Waals surface area contributed by atoms with Gasteiger partial charge in [0.05, 0.1) is 16.7 Å². The molecule has 0 N–H and O–H groups in total.